The molecule has 0 spiro atoms. The summed E-state index contributed by atoms with van der Waals surface area (Å²) in [4.78, 5) is 38.3. The fourth-order valence-electron chi connectivity index (χ4n) is 2.93. The van der Waals surface area contributed by atoms with Crippen molar-refractivity contribution in [3.63, 3.8) is 0 Å². The fraction of sp³-hybridized carbons (Fsp3) is 0.227. The molecule has 1 aromatic carbocycles. The topological polar surface area (TPSA) is 84.5 Å². The maximum atomic E-state index is 12.4. The monoisotopic (exact) mass is 393 g/mol. The van der Waals surface area contributed by atoms with Gasteiger partial charge < -0.3 is 19.2 Å². The number of carbonyl (C=O) groups excluding carboxylic acids is 2. The maximum absolute atomic E-state index is 12.4. The summed E-state index contributed by atoms with van der Waals surface area (Å²) < 4.78 is 7.06. The van der Waals surface area contributed by atoms with E-state index in [9.17, 15) is 14.4 Å². The smallest absolute Gasteiger partial charge is 0.291 e. The number of furan rings is 1. The molecule has 0 bridgehead atoms. The van der Waals surface area contributed by atoms with E-state index in [1.54, 1.807) is 59.6 Å². The zero-order valence-electron chi connectivity index (χ0n) is 16.4. The van der Waals surface area contributed by atoms with E-state index in [1.165, 1.54) is 10.6 Å². The van der Waals surface area contributed by atoms with Crippen LogP contribution in [-0.4, -0.2) is 34.4 Å². The molecule has 0 saturated heterocycles. The molecule has 0 radical (unpaired) electrons. The molecule has 3 aromatic rings. The van der Waals surface area contributed by atoms with E-state index < -0.39 is 5.91 Å². The average molecular weight is 393 g/mol. The first-order chi connectivity index (χ1) is 14.0. The van der Waals surface area contributed by atoms with Gasteiger partial charge in [-0.2, -0.15) is 0 Å². The second-order valence-corrected chi connectivity index (χ2v) is 6.44. The van der Waals surface area contributed by atoms with Crippen LogP contribution in [-0.2, 0) is 6.54 Å². The summed E-state index contributed by atoms with van der Waals surface area (Å²) in [5.41, 5.74) is 0.984. The minimum atomic E-state index is -0.403. The summed E-state index contributed by atoms with van der Waals surface area (Å²) in [7, 11) is 0. The predicted octanol–water partition coefficient (Wildman–Crippen LogP) is 3.22. The SMILES string of the molecule is CCN(CC)C(=O)c1ccc(NC(=O)c2ccc(Cn3ccccc3=O)o2)cc1. The first kappa shape index (κ1) is 20.1. The van der Waals surface area contributed by atoms with Gasteiger partial charge in [0, 0.05) is 36.6 Å². The molecule has 150 valence electrons. The Morgan fingerprint density at radius 3 is 2.38 bits per heavy atom. The lowest BCUT2D eigenvalue weighted by atomic mass is 10.1. The Kier molecular flexibility index (Phi) is 6.29. The van der Waals surface area contributed by atoms with Crippen LogP contribution in [0, 0.1) is 0 Å². The number of benzene rings is 1. The second-order valence-electron chi connectivity index (χ2n) is 6.44. The lowest BCUT2D eigenvalue weighted by Gasteiger charge is -2.18. The van der Waals surface area contributed by atoms with Crippen molar-refractivity contribution in [2.24, 2.45) is 0 Å². The highest BCUT2D eigenvalue weighted by atomic mass is 16.4. The van der Waals surface area contributed by atoms with E-state index in [0.717, 1.165) is 0 Å². The Morgan fingerprint density at radius 1 is 1.00 bits per heavy atom. The van der Waals surface area contributed by atoms with Gasteiger partial charge in [-0.15, -0.1) is 0 Å². The number of anilines is 1. The van der Waals surface area contributed by atoms with Gasteiger partial charge in [-0.25, -0.2) is 0 Å². The quantitative estimate of drug-likeness (QED) is 0.668. The summed E-state index contributed by atoms with van der Waals surface area (Å²) in [5, 5.41) is 2.74. The Hall–Kier alpha value is -3.61. The molecule has 0 aliphatic carbocycles. The molecule has 0 aliphatic heterocycles. The van der Waals surface area contributed by atoms with Crippen LogP contribution in [0.1, 0.15) is 40.5 Å². The van der Waals surface area contributed by atoms with Gasteiger partial charge in [0.2, 0.25) is 0 Å². The molecular formula is C22H23N3O4. The van der Waals surface area contributed by atoms with E-state index >= 15 is 0 Å². The van der Waals surface area contributed by atoms with Crippen molar-refractivity contribution in [2.75, 3.05) is 18.4 Å². The van der Waals surface area contributed by atoms with Gasteiger partial charge in [0.1, 0.15) is 5.76 Å². The minimum Gasteiger partial charge on any atom is -0.454 e. The first-order valence-electron chi connectivity index (χ1n) is 9.46. The zero-order valence-corrected chi connectivity index (χ0v) is 16.4. The molecule has 2 heterocycles. The van der Waals surface area contributed by atoms with Gasteiger partial charge in [0.25, 0.3) is 17.4 Å². The molecule has 7 heteroatoms. The van der Waals surface area contributed by atoms with Crippen LogP contribution in [0.4, 0.5) is 5.69 Å². The lowest BCUT2D eigenvalue weighted by Crippen LogP contribution is -2.30. The number of carbonyl (C=O) groups is 2. The van der Waals surface area contributed by atoms with E-state index in [-0.39, 0.29) is 23.8 Å². The number of pyridine rings is 1. The van der Waals surface area contributed by atoms with Crippen LogP contribution in [0.2, 0.25) is 0 Å². The molecule has 0 unspecified atom stereocenters. The summed E-state index contributed by atoms with van der Waals surface area (Å²) in [5.74, 6) is 0.204. The van der Waals surface area contributed by atoms with Crippen molar-refractivity contribution in [1.29, 1.82) is 0 Å². The van der Waals surface area contributed by atoms with Crippen molar-refractivity contribution in [1.82, 2.24) is 9.47 Å². The molecule has 3 rings (SSSR count). The zero-order chi connectivity index (χ0) is 20.8. The molecule has 1 N–H and O–H groups in total. The number of nitrogens with zero attached hydrogens (tertiary/aromatic N) is 2. The third-order valence-electron chi connectivity index (χ3n) is 4.55. The van der Waals surface area contributed by atoms with Crippen molar-refractivity contribution >= 4 is 17.5 Å². The van der Waals surface area contributed by atoms with Gasteiger partial charge in [-0.1, -0.05) is 6.07 Å². The molecule has 2 amide bonds. The fourth-order valence-corrected chi connectivity index (χ4v) is 2.93. The van der Waals surface area contributed by atoms with Crippen LogP contribution in [0.25, 0.3) is 0 Å². The standard InChI is InChI=1S/C22H23N3O4/c1-3-24(4-2)22(28)16-8-10-17(11-9-16)23-21(27)19-13-12-18(29-19)15-25-14-6-5-7-20(25)26/h5-14H,3-4,15H2,1-2H3,(H,23,27). The number of aromatic nitrogens is 1. The molecular weight excluding hydrogens is 370 g/mol. The van der Waals surface area contributed by atoms with Crippen molar-refractivity contribution in [3.8, 4) is 0 Å². The highest BCUT2D eigenvalue weighted by Crippen LogP contribution is 2.15. The highest BCUT2D eigenvalue weighted by molar-refractivity contribution is 6.02. The third kappa shape index (κ3) is 4.82. The highest BCUT2D eigenvalue weighted by Gasteiger charge is 2.14. The Labute approximate surface area is 168 Å². The van der Waals surface area contributed by atoms with Crippen LogP contribution in [0.15, 0.2) is 70.0 Å². The predicted molar refractivity (Wildman–Crippen MR) is 110 cm³/mol. The van der Waals surface area contributed by atoms with Gasteiger partial charge in [-0.3, -0.25) is 14.4 Å². The normalized spacial score (nSPS) is 10.6. The van der Waals surface area contributed by atoms with Crippen molar-refractivity contribution in [2.45, 2.75) is 20.4 Å². The molecule has 29 heavy (non-hydrogen) atoms. The van der Waals surface area contributed by atoms with Gasteiger partial charge in [0.15, 0.2) is 5.76 Å². The lowest BCUT2D eigenvalue weighted by molar-refractivity contribution is 0.0773. The van der Waals surface area contributed by atoms with Gasteiger partial charge in [0.05, 0.1) is 6.54 Å². The molecule has 0 saturated carbocycles. The van der Waals surface area contributed by atoms with Crippen LogP contribution < -0.4 is 10.9 Å². The van der Waals surface area contributed by atoms with E-state index in [4.69, 9.17) is 4.42 Å². The second kappa shape index (κ2) is 9.05. The number of amides is 2. The summed E-state index contributed by atoms with van der Waals surface area (Å²) in [6, 6.07) is 14.9. The van der Waals surface area contributed by atoms with E-state index in [1.807, 2.05) is 13.8 Å². The number of hydrogen-bond acceptors (Lipinski definition) is 4. The van der Waals surface area contributed by atoms with Gasteiger partial charge in [-0.05, 0) is 56.3 Å². The molecule has 0 fully saturated rings. The van der Waals surface area contributed by atoms with Crippen molar-refractivity contribution < 1.29 is 14.0 Å². The third-order valence-corrected chi connectivity index (χ3v) is 4.55. The largest absolute Gasteiger partial charge is 0.454 e. The molecule has 0 atom stereocenters. The van der Waals surface area contributed by atoms with Crippen LogP contribution in [0.3, 0.4) is 0 Å². The first-order valence-corrected chi connectivity index (χ1v) is 9.46. The average Bonchev–Trinajstić information content (AvgIpc) is 3.20. The van der Waals surface area contributed by atoms with Crippen LogP contribution in [0.5, 0.6) is 0 Å². The summed E-state index contributed by atoms with van der Waals surface area (Å²) in [6.45, 7) is 5.40. The maximum Gasteiger partial charge on any atom is 0.291 e. The van der Waals surface area contributed by atoms with Crippen LogP contribution >= 0.6 is 0 Å². The number of hydrogen-bond donors (Lipinski definition) is 1. The Bertz CT molecular complexity index is 1050. The minimum absolute atomic E-state index is 0.0419. The summed E-state index contributed by atoms with van der Waals surface area (Å²) in [6.07, 6.45) is 1.66. The summed E-state index contributed by atoms with van der Waals surface area (Å²) >= 11 is 0. The molecule has 0 aliphatic rings. The van der Waals surface area contributed by atoms with E-state index in [0.29, 0.717) is 30.1 Å². The number of rotatable bonds is 7. The van der Waals surface area contributed by atoms with E-state index in [2.05, 4.69) is 5.32 Å². The van der Waals surface area contributed by atoms with Gasteiger partial charge >= 0.3 is 0 Å². The van der Waals surface area contributed by atoms with Crippen molar-refractivity contribution in [3.05, 3.63) is 88.2 Å². The molecule has 2 aromatic heterocycles. The number of nitrogens with one attached hydrogen (secondary N) is 1. The molecule has 7 nitrogen and oxygen atoms in total. The Balaban J connectivity index is 1.65. The Morgan fingerprint density at radius 2 is 1.72 bits per heavy atom.